The molecule has 1 spiro atoms. The van der Waals surface area contributed by atoms with Gasteiger partial charge in [0.25, 0.3) is 0 Å². The molecule has 148 valence electrons. The van der Waals surface area contributed by atoms with Gasteiger partial charge in [-0.05, 0) is 68.6 Å². The Kier molecular flexibility index (Phi) is 5.72. The van der Waals surface area contributed by atoms with Crippen molar-refractivity contribution in [3.63, 3.8) is 0 Å². The first-order valence-electron chi connectivity index (χ1n) is 10.7. The summed E-state index contributed by atoms with van der Waals surface area (Å²) in [6.07, 6.45) is 10.0. The molecule has 1 amide bonds. The maximum atomic E-state index is 12.7. The summed E-state index contributed by atoms with van der Waals surface area (Å²) in [5.74, 6) is 2.30. The topological polar surface area (TPSA) is 38.8 Å². The number of methoxy groups -OCH3 is 1. The van der Waals surface area contributed by atoms with Crippen molar-refractivity contribution in [3.8, 4) is 5.75 Å². The number of carbonyl (C=O) groups excluding carboxylic acids is 1. The molecule has 2 saturated heterocycles. The molecular weight excluding hydrogens is 338 g/mol. The number of nitrogens with zero attached hydrogens (tertiary/aromatic N) is 1. The molecule has 4 heteroatoms. The maximum absolute atomic E-state index is 12.7. The number of hydrogen-bond donors (Lipinski definition) is 0. The zero-order valence-corrected chi connectivity index (χ0v) is 16.6. The molecule has 1 atom stereocenters. The average Bonchev–Trinajstić information content (AvgIpc) is 3.24. The van der Waals surface area contributed by atoms with Gasteiger partial charge in [-0.1, -0.05) is 25.0 Å². The van der Waals surface area contributed by atoms with Crippen molar-refractivity contribution in [3.05, 3.63) is 29.8 Å². The lowest BCUT2D eigenvalue weighted by Crippen LogP contribution is -2.51. The minimum atomic E-state index is 0.00183. The first-order chi connectivity index (χ1) is 13.2. The molecule has 4 rings (SSSR count). The van der Waals surface area contributed by atoms with Gasteiger partial charge in [0, 0.05) is 25.6 Å². The Hall–Kier alpha value is -1.55. The smallest absolute Gasteiger partial charge is 0.225 e. The van der Waals surface area contributed by atoms with Gasteiger partial charge in [0.1, 0.15) is 5.75 Å². The van der Waals surface area contributed by atoms with Crippen LogP contribution in [0.4, 0.5) is 0 Å². The van der Waals surface area contributed by atoms with E-state index < -0.39 is 0 Å². The minimum Gasteiger partial charge on any atom is -0.497 e. The Balaban J connectivity index is 1.31. The Labute approximate surface area is 163 Å². The molecule has 0 radical (unpaired) electrons. The van der Waals surface area contributed by atoms with Gasteiger partial charge >= 0.3 is 0 Å². The number of rotatable bonds is 4. The molecule has 2 aliphatic heterocycles. The number of hydrogen-bond acceptors (Lipinski definition) is 3. The van der Waals surface area contributed by atoms with Gasteiger partial charge in [-0.3, -0.25) is 4.79 Å². The van der Waals surface area contributed by atoms with Crippen LogP contribution < -0.4 is 4.74 Å². The zero-order chi connectivity index (χ0) is 18.7. The van der Waals surface area contributed by atoms with E-state index in [1.807, 2.05) is 0 Å². The van der Waals surface area contributed by atoms with Crippen molar-refractivity contribution in [1.82, 2.24) is 4.90 Å². The molecule has 1 aromatic carbocycles. The average molecular weight is 372 g/mol. The van der Waals surface area contributed by atoms with E-state index in [-0.39, 0.29) is 5.60 Å². The normalized spacial score (nSPS) is 25.7. The predicted molar refractivity (Wildman–Crippen MR) is 106 cm³/mol. The fourth-order valence-electron chi connectivity index (χ4n) is 5.31. The molecule has 0 aromatic heterocycles. The second kappa shape index (κ2) is 8.22. The number of likely N-dealkylation sites (tertiary alicyclic amines) is 1. The van der Waals surface area contributed by atoms with Gasteiger partial charge in [-0.15, -0.1) is 0 Å². The van der Waals surface area contributed by atoms with Gasteiger partial charge in [-0.25, -0.2) is 0 Å². The third-order valence-electron chi connectivity index (χ3n) is 6.97. The second-order valence-electron chi connectivity index (χ2n) is 8.75. The number of carbonyl (C=O) groups is 1. The molecule has 1 aromatic rings. The third kappa shape index (κ3) is 4.31. The van der Waals surface area contributed by atoms with E-state index in [1.54, 1.807) is 7.11 Å². The van der Waals surface area contributed by atoms with Crippen LogP contribution in [0.5, 0.6) is 5.75 Å². The highest BCUT2D eigenvalue weighted by Gasteiger charge is 2.42. The monoisotopic (exact) mass is 371 g/mol. The molecule has 0 N–H and O–H groups in total. The highest BCUT2D eigenvalue weighted by molar-refractivity contribution is 5.79. The van der Waals surface area contributed by atoms with Gasteiger partial charge in [0.05, 0.1) is 12.7 Å². The summed E-state index contributed by atoms with van der Waals surface area (Å²) >= 11 is 0. The number of piperidine rings is 1. The Bertz CT molecular complexity index is 628. The lowest BCUT2D eigenvalue weighted by atomic mass is 9.77. The van der Waals surface area contributed by atoms with Gasteiger partial charge in [-0.2, -0.15) is 0 Å². The van der Waals surface area contributed by atoms with Crippen LogP contribution in [0.15, 0.2) is 24.3 Å². The van der Waals surface area contributed by atoms with E-state index in [2.05, 4.69) is 29.2 Å². The summed E-state index contributed by atoms with van der Waals surface area (Å²) in [6.45, 7) is 2.62. The number of amides is 1. The van der Waals surface area contributed by atoms with E-state index in [9.17, 15) is 4.79 Å². The van der Waals surface area contributed by atoms with E-state index in [1.165, 1.54) is 18.4 Å². The predicted octanol–water partition coefficient (Wildman–Crippen LogP) is 4.22. The minimum absolute atomic E-state index is 0.00183. The summed E-state index contributed by atoms with van der Waals surface area (Å²) in [7, 11) is 1.71. The largest absolute Gasteiger partial charge is 0.497 e. The molecule has 1 aliphatic carbocycles. The van der Waals surface area contributed by atoms with Gasteiger partial charge < -0.3 is 14.4 Å². The summed E-state index contributed by atoms with van der Waals surface area (Å²) < 4.78 is 11.6. The van der Waals surface area contributed by atoms with Crippen LogP contribution in [-0.2, 0) is 16.0 Å². The standard InChI is InChI=1S/C23H33NO3/c1-26-21-8-6-18(7-9-21)16-19-10-15-27-23(17-19)11-13-24(14-12-23)22(25)20-4-2-3-5-20/h6-9,19-20H,2-5,10-17H2,1H3/t19-/m1/s1. The fraction of sp³-hybridized carbons (Fsp3) is 0.696. The van der Waals surface area contributed by atoms with Gasteiger partial charge in [0.2, 0.25) is 5.91 Å². The van der Waals surface area contributed by atoms with Crippen LogP contribution in [-0.4, -0.2) is 43.2 Å². The lowest BCUT2D eigenvalue weighted by molar-refractivity contribution is -0.150. The van der Waals surface area contributed by atoms with E-state index in [0.717, 1.165) is 70.4 Å². The maximum Gasteiger partial charge on any atom is 0.225 e. The molecule has 1 saturated carbocycles. The van der Waals surface area contributed by atoms with Crippen molar-refractivity contribution in [2.75, 3.05) is 26.8 Å². The van der Waals surface area contributed by atoms with E-state index in [4.69, 9.17) is 9.47 Å². The summed E-state index contributed by atoms with van der Waals surface area (Å²) in [4.78, 5) is 14.8. The lowest BCUT2D eigenvalue weighted by Gasteiger charge is -2.46. The second-order valence-corrected chi connectivity index (χ2v) is 8.75. The fourth-order valence-corrected chi connectivity index (χ4v) is 5.31. The molecule has 27 heavy (non-hydrogen) atoms. The highest BCUT2D eigenvalue weighted by Crippen LogP contribution is 2.39. The SMILES string of the molecule is COc1ccc(C[C@H]2CCOC3(CCN(C(=O)C4CCCC4)CC3)C2)cc1. The Morgan fingerprint density at radius 1 is 1.15 bits per heavy atom. The molecule has 3 aliphatic rings. The molecule has 2 heterocycles. The quantitative estimate of drug-likeness (QED) is 0.796. The van der Waals surface area contributed by atoms with Crippen LogP contribution in [0.2, 0.25) is 0 Å². The molecule has 0 unspecified atom stereocenters. The van der Waals surface area contributed by atoms with Crippen LogP contribution >= 0.6 is 0 Å². The van der Waals surface area contributed by atoms with E-state index in [0.29, 0.717) is 17.7 Å². The van der Waals surface area contributed by atoms with E-state index >= 15 is 0 Å². The first-order valence-corrected chi connectivity index (χ1v) is 10.7. The summed E-state index contributed by atoms with van der Waals surface area (Å²) in [5, 5.41) is 0. The van der Waals surface area contributed by atoms with Crippen LogP contribution in [0.3, 0.4) is 0 Å². The van der Waals surface area contributed by atoms with Crippen molar-refractivity contribution in [1.29, 1.82) is 0 Å². The molecule has 0 bridgehead atoms. The van der Waals surface area contributed by atoms with Crippen LogP contribution in [0.25, 0.3) is 0 Å². The van der Waals surface area contributed by atoms with Crippen molar-refractivity contribution >= 4 is 5.91 Å². The summed E-state index contributed by atoms with van der Waals surface area (Å²) in [6, 6.07) is 8.47. The number of ether oxygens (including phenoxy) is 2. The number of benzene rings is 1. The molecule has 4 nitrogen and oxygen atoms in total. The third-order valence-corrected chi connectivity index (χ3v) is 6.97. The molecular formula is C23H33NO3. The highest BCUT2D eigenvalue weighted by atomic mass is 16.5. The van der Waals surface area contributed by atoms with Gasteiger partial charge in [0.15, 0.2) is 0 Å². The van der Waals surface area contributed by atoms with Crippen molar-refractivity contribution < 1.29 is 14.3 Å². The Morgan fingerprint density at radius 3 is 2.52 bits per heavy atom. The molecule has 3 fully saturated rings. The zero-order valence-electron chi connectivity index (χ0n) is 16.6. The van der Waals surface area contributed by atoms with Crippen molar-refractivity contribution in [2.45, 2.75) is 63.4 Å². The Morgan fingerprint density at radius 2 is 1.85 bits per heavy atom. The summed E-state index contributed by atoms with van der Waals surface area (Å²) in [5.41, 5.74) is 1.38. The first kappa shape index (κ1) is 18.8. The van der Waals surface area contributed by atoms with Crippen LogP contribution in [0.1, 0.15) is 56.9 Å². The van der Waals surface area contributed by atoms with Crippen LogP contribution in [0, 0.1) is 11.8 Å². The van der Waals surface area contributed by atoms with Crippen molar-refractivity contribution in [2.24, 2.45) is 11.8 Å².